The lowest BCUT2D eigenvalue weighted by Crippen LogP contribution is -2.33. The van der Waals surface area contributed by atoms with Crippen molar-refractivity contribution >= 4 is 5.91 Å². The number of hydrogen-bond acceptors (Lipinski definition) is 3. The summed E-state index contributed by atoms with van der Waals surface area (Å²) in [5, 5.41) is 12.5. The van der Waals surface area contributed by atoms with Gasteiger partial charge in [-0.1, -0.05) is 6.42 Å². The van der Waals surface area contributed by atoms with Crippen molar-refractivity contribution in [1.29, 1.82) is 0 Å². The molecular formula is C13H18N2O2. The lowest BCUT2D eigenvalue weighted by Gasteiger charge is -2.14. The molecule has 0 spiro atoms. The van der Waals surface area contributed by atoms with Crippen LogP contribution in [-0.4, -0.2) is 28.6 Å². The zero-order valence-electron chi connectivity index (χ0n) is 9.80. The third kappa shape index (κ3) is 3.53. The Kier molecular flexibility index (Phi) is 4.09. The number of aliphatic hydroxyl groups is 1. The van der Waals surface area contributed by atoms with Crippen molar-refractivity contribution < 1.29 is 9.90 Å². The van der Waals surface area contributed by atoms with Crippen molar-refractivity contribution in [2.45, 2.75) is 31.8 Å². The van der Waals surface area contributed by atoms with E-state index in [4.69, 9.17) is 0 Å². The first kappa shape index (κ1) is 12.0. The van der Waals surface area contributed by atoms with Crippen LogP contribution in [0.3, 0.4) is 0 Å². The number of rotatable bonds is 4. The minimum Gasteiger partial charge on any atom is -0.393 e. The summed E-state index contributed by atoms with van der Waals surface area (Å²) < 4.78 is 0. The summed E-state index contributed by atoms with van der Waals surface area (Å²) in [6, 6.07) is 3.67. The van der Waals surface area contributed by atoms with Crippen molar-refractivity contribution in [2.24, 2.45) is 5.92 Å². The molecule has 0 radical (unpaired) electrons. The molecule has 1 heterocycles. The average Bonchev–Trinajstić information content (AvgIpc) is 2.74. The van der Waals surface area contributed by atoms with Gasteiger partial charge in [0.2, 0.25) is 5.91 Å². The van der Waals surface area contributed by atoms with Crippen molar-refractivity contribution in [1.82, 2.24) is 10.3 Å². The Labute approximate surface area is 101 Å². The molecule has 92 valence electrons. The molecule has 2 atom stereocenters. The molecule has 1 aliphatic rings. The Hall–Kier alpha value is -1.42. The Balaban J connectivity index is 1.74. The van der Waals surface area contributed by atoms with Crippen LogP contribution in [-0.2, 0) is 11.2 Å². The van der Waals surface area contributed by atoms with Crippen LogP contribution >= 0.6 is 0 Å². The van der Waals surface area contributed by atoms with E-state index in [1.165, 1.54) is 0 Å². The van der Waals surface area contributed by atoms with E-state index in [2.05, 4.69) is 10.3 Å². The van der Waals surface area contributed by atoms with Crippen LogP contribution in [0.15, 0.2) is 24.5 Å². The van der Waals surface area contributed by atoms with E-state index in [1.807, 2.05) is 12.1 Å². The molecule has 17 heavy (non-hydrogen) atoms. The summed E-state index contributed by atoms with van der Waals surface area (Å²) in [6.45, 7) is 0.588. The number of aliphatic hydroxyl groups excluding tert-OH is 1. The maximum atomic E-state index is 11.7. The summed E-state index contributed by atoms with van der Waals surface area (Å²) >= 11 is 0. The van der Waals surface area contributed by atoms with Crippen LogP contribution in [0.25, 0.3) is 0 Å². The van der Waals surface area contributed by atoms with Crippen LogP contribution < -0.4 is 5.32 Å². The Morgan fingerprint density at radius 3 is 2.82 bits per heavy atom. The predicted molar refractivity (Wildman–Crippen MR) is 64.3 cm³/mol. The van der Waals surface area contributed by atoms with Gasteiger partial charge in [-0.2, -0.15) is 0 Å². The van der Waals surface area contributed by atoms with E-state index in [-0.39, 0.29) is 17.9 Å². The zero-order valence-corrected chi connectivity index (χ0v) is 9.80. The minimum absolute atomic E-state index is 0.00954. The summed E-state index contributed by atoms with van der Waals surface area (Å²) in [6.07, 6.45) is 6.45. The summed E-state index contributed by atoms with van der Waals surface area (Å²) in [5.41, 5.74) is 0.962. The second-order valence-electron chi connectivity index (χ2n) is 4.59. The first-order chi connectivity index (χ1) is 8.25. The van der Waals surface area contributed by atoms with Crippen LogP contribution in [0.2, 0.25) is 0 Å². The van der Waals surface area contributed by atoms with Crippen molar-refractivity contribution in [3.8, 4) is 0 Å². The Bertz CT molecular complexity index is 367. The monoisotopic (exact) mass is 234 g/mol. The zero-order chi connectivity index (χ0) is 12.1. The number of hydrogen-bond donors (Lipinski definition) is 2. The second kappa shape index (κ2) is 5.77. The van der Waals surface area contributed by atoms with Crippen LogP contribution in [0, 0.1) is 5.92 Å². The standard InChI is InChI=1S/C13H18N2O2/c16-12-3-1-2-11(12)9-15-13(17)8-10-4-6-14-7-5-10/h4-7,11-12,16H,1-3,8-9H2,(H,15,17). The number of nitrogens with one attached hydrogen (secondary N) is 1. The smallest absolute Gasteiger partial charge is 0.224 e. The maximum absolute atomic E-state index is 11.7. The molecule has 0 aromatic carbocycles. The van der Waals surface area contributed by atoms with Crippen molar-refractivity contribution in [3.05, 3.63) is 30.1 Å². The fourth-order valence-electron chi connectivity index (χ4n) is 2.25. The van der Waals surface area contributed by atoms with Gasteiger partial charge in [0.1, 0.15) is 0 Å². The van der Waals surface area contributed by atoms with E-state index >= 15 is 0 Å². The highest BCUT2D eigenvalue weighted by atomic mass is 16.3. The number of nitrogens with zero attached hydrogens (tertiary/aromatic N) is 1. The highest BCUT2D eigenvalue weighted by molar-refractivity contribution is 5.78. The van der Waals surface area contributed by atoms with Gasteiger partial charge in [-0.05, 0) is 30.5 Å². The van der Waals surface area contributed by atoms with Gasteiger partial charge in [0.05, 0.1) is 12.5 Å². The van der Waals surface area contributed by atoms with Crippen molar-refractivity contribution in [2.75, 3.05) is 6.54 Å². The molecule has 2 rings (SSSR count). The highest BCUT2D eigenvalue weighted by Gasteiger charge is 2.25. The van der Waals surface area contributed by atoms with Gasteiger partial charge < -0.3 is 10.4 Å². The molecule has 2 unspecified atom stereocenters. The largest absolute Gasteiger partial charge is 0.393 e. The number of aromatic nitrogens is 1. The minimum atomic E-state index is -0.240. The first-order valence-electron chi connectivity index (χ1n) is 6.09. The number of pyridine rings is 1. The quantitative estimate of drug-likeness (QED) is 0.813. The van der Waals surface area contributed by atoms with Gasteiger partial charge in [0.25, 0.3) is 0 Å². The van der Waals surface area contributed by atoms with Crippen LogP contribution in [0.5, 0.6) is 0 Å². The molecule has 2 N–H and O–H groups in total. The summed E-state index contributed by atoms with van der Waals surface area (Å²) in [7, 11) is 0. The molecule has 1 aromatic heterocycles. The normalized spacial score (nSPS) is 23.6. The predicted octanol–water partition coefficient (Wildman–Crippen LogP) is 0.901. The third-order valence-corrected chi connectivity index (χ3v) is 3.29. The molecule has 4 heteroatoms. The van der Waals surface area contributed by atoms with Crippen LogP contribution in [0.1, 0.15) is 24.8 Å². The van der Waals surface area contributed by atoms with E-state index in [1.54, 1.807) is 12.4 Å². The molecule has 4 nitrogen and oxygen atoms in total. The lowest BCUT2D eigenvalue weighted by molar-refractivity contribution is -0.120. The van der Waals surface area contributed by atoms with E-state index in [0.29, 0.717) is 13.0 Å². The SMILES string of the molecule is O=C(Cc1ccncc1)NCC1CCCC1O. The number of carbonyl (C=O) groups is 1. The number of carbonyl (C=O) groups excluding carboxylic acids is 1. The van der Waals surface area contributed by atoms with E-state index in [9.17, 15) is 9.90 Å². The maximum Gasteiger partial charge on any atom is 0.224 e. The topological polar surface area (TPSA) is 62.2 Å². The molecule has 1 saturated carbocycles. The molecular weight excluding hydrogens is 216 g/mol. The first-order valence-corrected chi connectivity index (χ1v) is 6.09. The molecule has 1 fully saturated rings. The fraction of sp³-hybridized carbons (Fsp3) is 0.538. The molecule has 0 bridgehead atoms. The third-order valence-electron chi connectivity index (χ3n) is 3.29. The number of amides is 1. The van der Waals surface area contributed by atoms with E-state index in [0.717, 1.165) is 24.8 Å². The van der Waals surface area contributed by atoms with Gasteiger partial charge in [-0.15, -0.1) is 0 Å². The summed E-state index contributed by atoms with van der Waals surface area (Å²) in [4.78, 5) is 15.6. The molecule has 1 aliphatic carbocycles. The van der Waals surface area contributed by atoms with Crippen molar-refractivity contribution in [3.63, 3.8) is 0 Å². The highest BCUT2D eigenvalue weighted by Crippen LogP contribution is 2.24. The fourth-order valence-corrected chi connectivity index (χ4v) is 2.25. The van der Waals surface area contributed by atoms with Crippen LogP contribution in [0.4, 0.5) is 0 Å². The van der Waals surface area contributed by atoms with Gasteiger partial charge in [-0.25, -0.2) is 0 Å². The van der Waals surface area contributed by atoms with E-state index < -0.39 is 0 Å². The summed E-state index contributed by atoms with van der Waals surface area (Å²) in [5.74, 6) is 0.242. The molecule has 1 aromatic rings. The van der Waals surface area contributed by atoms with Gasteiger partial charge in [-0.3, -0.25) is 9.78 Å². The second-order valence-corrected chi connectivity index (χ2v) is 4.59. The van der Waals surface area contributed by atoms with Gasteiger partial charge in [0, 0.05) is 24.9 Å². The Morgan fingerprint density at radius 2 is 2.18 bits per heavy atom. The average molecular weight is 234 g/mol. The lowest BCUT2D eigenvalue weighted by atomic mass is 10.1. The molecule has 0 aliphatic heterocycles. The Morgan fingerprint density at radius 1 is 1.41 bits per heavy atom. The molecule has 1 amide bonds. The molecule has 0 saturated heterocycles. The van der Waals surface area contributed by atoms with Gasteiger partial charge >= 0.3 is 0 Å². The van der Waals surface area contributed by atoms with Gasteiger partial charge in [0.15, 0.2) is 0 Å².